The Morgan fingerprint density at radius 2 is 1.59 bits per heavy atom. The van der Waals surface area contributed by atoms with E-state index in [0.29, 0.717) is 22.4 Å². The van der Waals surface area contributed by atoms with Gasteiger partial charge >= 0.3 is 5.97 Å². The normalized spacial score (nSPS) is 10.4. The minimum absolute atomic E-state index is 0.289. The van der Waals surface area contributed by atoms with Crippen LogP contribution in [0.5, 0.6) is 0 Å². The average molecular weight is 380 g/mol. The van der Waals surface area contributed by atoms with Crippen LogP contribution in [-0.4, -0.2) is 23.3 Å². The second-order valence-electron chi connectivity index (χ2n) is 6.48. The standard InChI is InChI=1S/C24H16N2O3/c25-14-16-10-12-18(13-11-16)24(28)29-15-21(27)22-19-8-4-5-9-20(19)26-23(22)17-6-2-1-3-7-17/h1-13,26H,15H2. The summed E-state index contributed by atoms with van der Waals surface area (Å²) >= 11 is 0. The molecule has 0 amide bonds. The fourth-order valence-corrected chi connectivity index (χ4v) is 3.22. The molecule has 4 rings (SSSR count). The van der Waals surface area contributed by atoms with Crippen molar-refractivity contribution >= 4 is 22.7 Å². The van der Waals surface area contributed by atoms with Gasteiger partial charge in [0.05, 0.1) is 28.5 Å². The second-order valence-corrected chi connectivity index (χ2v) is 6.48. The third-order valence-corrected chi connectivity index (χ3v) is 4.63. The molecular formula is C24H16N2O3. The number of rotatable bonds is 5. The molecular weight excluding hydrogens is 364 g/mol. The molecule has 1 N–H and O–H groups in total. The first-order valence-corrected chi connectivity index (χ1v) is 9.04. The summed E-state index contributed by atoms with van der Waals surface area (Å²) < 4.78 is 5.24. The molecule has 4 aromatic rings. The molecule has 1 heterocycles. The van der Waals surface area contributed by atoms with Crippen LogP contribution >= 0.6 is 0 Å². The predicted molar refractivity (Wildman–Crippen MR) is 110 cm³/mol. The number of ether oxygens (including phenoxy) is 1. The zero-order valence-electron chi connectivity index (χ0n) is 15.4. The predicted octanol–water partition coefficient (Wildman–Crippen LogP) is 4.75. The number of H-pyrrole nitrogens is 1. The number of hydrogen-bond donors (Lipinski definition) is 1. The third kappa shape index (κ3) is 3.64. The van der Waals surface area contributed by atoms with Crippen LogP contribution in [0.2, 0.25) is 0 Å². The number of Topliss-reactive ketones (excluding diaryl/α,β-unsaturated/α-hetero) is 1. The molecule has 0 bridgehead atoms. The van der Waals surface area contributed by atoms with Gasteiger partial charge in [0.15, 0.2) is 6.61 Å². The van der Waals surface area contributed by atoms with E-state index in [1.165, 1.54) is 24.3 Å². The zero-order chi connectivity index (χ0) is 20.2. The van der Waals surface area contributed by atoms with Crippen molar-refractivity contribution in [2.45, 2.75) is 0 Å². The van der Waals surface area contributed by atoms with Crippen LogP contribution in [0.1, 0.15) is 26.3 Å². The highest BCUT2D eigenvalue weighted by atomic mass is 16.5. The number of hydrogen-bond acceptors (Lipinski definition) is 4. The van der Waals surface area contributed by atoms with E-state index in [2.05, 4.69) is 4.98 Å². The quantitative estimate of drug-likeness (QED) is 0.400. The maximum Gasteiger partial charge on any atom is 0.338 e. The molecule has 140 valence electrons. The zero-order valence-corrected chi connectivity index (χ0v) is 15.4. The van der Waals surface area contributed by atoms with Gasteiger partial charge < -0.3 is 9.72 Å². The van der Waals surface area contributed by atoms with E-state index in [0.717, 1.165) is 16.5 Å². The molecule has 0 aliphatic heterocycles. The lowest BCUT2D eigenvalue weighted by Gasteiger charge is -2.07. The molecule has 5 nitrogen and oxygen atoms in total. The number of fused-ring (bicyclic) bond motifs is 1. The molecule has 0 aliphatic carbocycles. The molecule has 5 heteroatoms. The number of esters is 1. The summed E-state index contributed by atoms with van der Waals surface area (Å²) in [5.41, 5.74) is 3.66. The van der Waals surface area contributed by atoms with Gasteiger partial charge in [0.2, 0.25) is 5.78 Å². The molecule has 0 atom stereocenters. The Hall–Kier alpha value is -4.17. The van der Waals surface area contributed by atoms with Crippen molar-refractivity contribution < 1.29 is 14.3 Å². The van der Waals surface area contributed by atoms with Crippen molar-refractivity contribution in [1.82, 2.24) is 4.98 Å². The lowest BCUT2D eigenvalue weighted by Crippen LogP contribution is -2.14. The van der Waals surface area contributed by atoms with E-state index < -0.39 is 5.97 Å². The summed E-state index contributed by atoms with van der Waals surface area (Å²) in [6, 6.07) is 25.2. The van der Waals surface area contributed by atoms with Gasteiger partial charge in [-0.15, -0.1) is 0 Å². The summed E-state index contributed by atoms with van der Waals surface area (Å²) in [6.45, 7) is -0.374. The van der Waals surface area contributed by atoms with Crippen molar-refractivity contribution in [3.63, 3.8) is 0 Å². The topological polar surface area (TPSA) is 82.9 Å². The van der Waals surface area contributed by atoms with Gasteiger partial charge in [-0.3, -0.25) is 4.79 Å². The number of aromatic amines is 1. The van der Waals surface area contributed by atoms with Crippen molar-refractivity contribution in [3.05, 3.63) is 95.6 Å². The Labute approximate surface area is 167 Å². The first-order chi connectivity index (χ1) is 14.2. The van der Waals surface area contributed by atoms with Crippen LogP contribution in [-0.2, 0) is 4.74 Å². The van der Waals surface area contributed by atoms with Crippen LogP contribution in [0.3, 0.4) is 0 Å². The van der Waals surface area contributed by atoms with E-state index in [-0.39, 0.29) is 12.4 Å². The Bertz CT molecular complexity index is 1230. The highest BCUT2D eigenvalue weighted by molar-refractivity contribution is 6.14. The SMILES string of the molecule is N#Cc1ccc(C(=O)OCC(=O)c2c(-c3ccccc3)[nH]c3ccccc23)cc1. The molecule has 0 saturated carbocycles. The van der Waals surface area contributed by atoms with Gasteiger partial charge in [-0.25, -0.2) is 4.79 Å². The van der Waals surface area contributed by atoms with E-state index in [1.807, 2.05) is 60.7 Å². The fourth-order valence-electron chi connectivity index (χ4n) is 3.22. The number of benzene rings is 3. The number of ketones is 1. The highest BCUT2D eigenvalue weighted by Gasteiger charge is 2.21. The number of carbonyl (C=O) groups excluding carboxylic acids is 2. The molecule has 0 fully saturated rings. The van der Waals surface area contributed by atoms with Gasteiger partial charge in [-0.2, -0.15) is 5.26 Å². The molecule has 0 aliphatic rings. The first kappa shape index (κ1) is 18.2. The van der Waals surface area contributed by atoms with E-state index in [9.17, 15) is 9.59 Å². The Morgan fingerprint density at radius 3 is 2.31 bits per heavy atom. The number of nitrogens with zero attached hydrogens (tertiary/aromatic N) is 1. The van der Waals surface area contributed by atoms with Crippen molar-refractivity contribution in [2.24, 2.45) is 0 Å². The second kappa shape index (κ2) is 7.83. The minimum Gasteiger partial charge on any atom is -0.454 e. The molecule has 29 heavy (non-hydrogen) atoms. The Balaban J connectivity index is 1.61. The molecule has 0 radical (unpaired) electrons. The van der Waals surface area contributed by atoms with Gasteiger partial charge in [0.1, 0.15) is 0 Å². The van der Waals surface area contributed by atoms with Crippen LogP contribution in [0.25, 0.3) is 22.2 Å². The Morgan fingerprint density at radius 1 is 0.897 bits per heavy atom. The maximum atomic E-state index is 13.0. The molecule has 3 aromatic carbocycles. The van der Waals surface area contributed by atoms with Gasteiger partial charge in [0, 0.05) is 10.9 Å². The van der Waals surface area contributed by atoms with E-state index in [1.54, 1.807) is 0 Å². The largest absolute Gasteiger partial charge is 0.454 e. The van der Waals surface area contributed by atoms with Crippen LogP contribution in [0.4, 0.5) is 0 Å². The van der Waals surface area contributed by atoms with Crippen molar-refractivity contribution in [3.8, 4) is 17.3 Å². The average Bonchev–Trinajstić information content (AvgIpc) is 3.17. The maximum absolute atomic E-state index is 13.0. The molecule has 0 saturated heterocycles. The van der Waals surface area contributed by atoms with E-state index in [4.69, 9.17) is 10.00 Å². The van der Waals surface area contributed by atoms with Gasteiger partial charge in [0.25, 0.3) is 0 Å². The third-order valence-electron chi connectivity index (χ3n) is 4.63. The number of para-hydroxylation sites is 1. The summed E-state index contributed by atoms with van der Waals surface area (Å²) in [6.07, 6.45) is 0. The summed E-state index contributed by atoms with van der Waals surface area (Å²) in [7, 11) is 0. The molecule has 1 aromatic heterocycles. The van der Waals surface area contributed by atoms with Crippen LogP contribution in [0.15, 0.2) is 78.9 Å². The number of aromatic nitrogens is 1. The summed E-state index contributed by atoms with van der Waals surface area (Å²) in [5.74, 6) is -0.896. The monoisotopic (exact) mass is 380 g/mol. The number of nitrogens with one attached hydrogen (secondary N) is 1. The molecule has 0 spiro atoms. The Kier molecular flexibility index (Phi) is 4.91. The lowest BCUT2D eigenvalue weighted by molar-refractivity contribution is 0.0475. The number of nitriles is 1. The van der Waals surface area contributed by atoms with Crippen molar-refractivity contribution in [1.29, 1.82) is 5.26 Å². The van der Waals surface area contributed by atoms with Gasteiger partial charge in [-0.05, 0) is 35.9 Å². The fraction of sp³-hybridized carbons (Fsp3) is 0.0417. The van der Waals surface area contributed by atoms with Crippen LogP contribution in [0, 0.1) is 11.3 Å². The smallest absolute Gasteiger partial charge is 0.338 e. The van der Waals surface area contributed by atoms with Crippen molar-refractivity contribution in [2.75, 3.05) is 6.61 Å². The minimum atomic E-state index is -0.607. The summed E-state index contributed by atoms with van der Waals surface area (Å²) in [5, 5.41) is 9.62. The lowest BCUT2D eigenvalue weighted by atomic mass is 10.0. The number of carbonyl (C=O) groups is 2. The van der Waals surface area contributed by atoms with Crippen LogP contribution < -0.4 is 0 Å². The summed E-state index contributed by atoms with van der Waals surface area (Å²) in [4.78, 5) is 28.6. The van der Waals surface area contributed by atoms with Gasteiger partial charge in [-0.1, -0.05) is 48.5 Å². The first-order valence-electron chi connectivity index (χ1n) is 9.04. The highest BCUT2D eigenvalue weighted by Crippen LogP contribution is 2.30. The molecule has 0 unspecified atom stereocenters. The van der Waals surface area contributed by atoms with E-state index >= 15 is 0 Å².